The zero-order valence-electron chi connectivity index (χ0n) is 17.3. The lowest BCUT2D eigenvalue weighted by atomic mass is 10.1. The van der Waals surface area contributed by atoms with Gasteiger partial charge < -0.3 is 10.6 Å². The van der Waals surface area contributed by atoms with Gasteiger partial charge in [0.2, 0.25) is 0 Å². The Morgan fingerprint density at radius 1 is 0.938 bits per heavy atom. The smallest absolute Gasteiger partial charge is 0.255 e. The molecule has 0 radical (unpaired) electrons. The molecule has 0 atom stereocenters. The van der Waals surface area contributed by atoms with E-state index >= 15 is 0 Å². The third-order valence-corrected chi connectivity index (χ3v) is 5.19. The molecule has 7 heteroatoms. The Morgan fingerprint density at radius 3 is 2.59 bits per heavy atom. The average Bonchev–Trinajstić information content (AvgIpc) is 2.84. The fourth-order valence-electron chi connectivity index (χ4n) is 3.23. The first-order valence-electron chi connectivity index (χ1n) is 10.3. The van der Waals surface area contributed by atoms with E-state index < -0.39 is 0 Å². The molecule has 0 aliphatic heterocycles. The van der Waals surface area contributed by atoms with Gasteiger partial charge in [0.15, 0.2) is 0 Å². The van der Waals surface area contributed by atoms with Crippen molar-refractivity contribution in [1.29, 1.82) is 0 Å². The molecular formula is C25H22ClN5O. The quantitative estimate of drug-likeness (QED) is 0.409. The zero-order chi connectivity index (χ0) is 22.2. The Bertz CT molecular complexity index is 1190. The van der Waals surface area contributed by atoms with E-state index in [1.807, 2.05) is 60.7 Å². The van der Waals surface area contributed by atoms with Crippen LogP contribution in [-0.4, -0.2) is 27.4 Å². The van der Waals surface area contributed by atoms with Crippen molar-refractivity contribution in [1.82, 2.24) is 20.3 Å². The number of nitrogens with zero attached hydrogens (tertiary/aromatic N) is 3. The van der Waals surface area contributed by atoms with E-state index in [0.717, 1.165) is 16.8 Å². The molecule has 4 aromatic rings. The van der Waals surface area contributed by atoms with Gasteiger partial charge in [-0.3, -0.25) is 14.8 Å². The van der Waals surface area contributed by atoms with Crippen LogP contribution in [-0.2, 0) is 13.0 Å². The number of nitrogens with one attached hydrogen (secondary N) is 2. The van der Waals surface area contributed by atoms with Crippen LogP contribution in [0.4, 0.5) is 5.82 Å². The third-order valence-electron chi connectivity index (χ3n) is 4.87. The normalized spacial score (nSPS) is 10.5. The minimum absolute atomic E-state index is 0.215. The number of carbonyl (C=O) groups is 1. The molecule has 0 saturated heterocycles. The Balaban J connectivity index is 1.56. The zero-order valence-corrected chi connectivity index (χ0v) is 18.1. The second kappa shape index (κ2) is 10.5. The van der Waals surface area contributed by atoms with E-state index in [4.69, 9.17) is 16.6 Å². The molecule has 160 valence electrons. The Labute approximate surface area is 191 Å². The highest BCUT2D eigenvalue weighted by Crippen LogP contribution is 2.28. The summed E-state index contributed by atoms with van der Waals surface area (Å²) in [5.41, 5.74) is 3.85. The van der Waals surface area contributed by atoms with E-state index in [0.29, 0.717) is 41.6 Å². The second-order valence-electron chi connectivity index (χ2n) is 7.11. The molecule has 0 aliphatic carbocycles. The molecule has 0 bridgehead atoms. The first-order valence-corrected chi connectivity index (χ1v) is 10.7. The summed E-state index contributed by atoms with van der Waals surface area (Å²) in [4.78, 5) is 26.1. The molecule has 0 spiro atoms. The molecule has 0 unspecified atom stereocenters. The fraction of sp³-hybridized carbons (Fsp3) is 0.120. The van der Waals surface area contributed by atoms with Gasteiger partial charge in [-0.25, -0.2) is 4.98 Å². The highest BCUT2D eigenvalue weighted by molar-refractivity contribution is 6.33. The largest absolute Gasteiger partial charge is 0.369 e. The van der Waals surface area contributed by atoms with Crippen molar-refractivity contribution in [2.45, 2.75) is 13.0 Å². The van der Waals surface area contributed by atoms with Crippen molar-refractivity contribution in [2.24, 2.45) is 0 Å². The number of hydrogen-bond donors (Lipinski definition) is 2. The standard InChI is InChI=1S/C25H22ClN5O/c26-22-9-2-1-8-20(22)23-11-10-21(25(32)30-17-18-6-5-13-27-16-18)24(31-23)29-15-12-19-7-3-4-14-28-19/h1-11,13-14,16H,12,15,17H2,(H,29,31)(H,30,32). The Hall–Kier alpha value is -3.77. The van der Waals surface area contributed by atoms with Gasteiger partial charge in [0.05, 0.1) is 11.3 Å². The molecule has 1 amide bonds. The number of carbonyl (C=O) groups excluding carboxylic acids is 1. The molecule has 3 heterocycles. The van der Waals surface area contributed by atoms with Gasteiger partial charge in [0.1, 0.15) is 5.82 Å². The summed E-state index contributed by atoms with van der Waals surface area (Å²) in [6, 6.07) is 20.7. The van der Waals surface area contributed by atoms with Gasteiger partial charge in [-0.1, -0.05) is 41.9 Å². The number of benzene rings is 1. The summed E-state index contributed by atoms with van der Waals surface area (Å²) >= 11 is 6.36. The topological polar surface area (TPSA) is 79.8 Å². The summed E-state index contributed by atoms with van der Waals surface area (Å²) < 4.78 is 0. The van der Waals surface area contributed by atoms with Crippen LogP contribution in [0, 0.1) is 0 Å². The number of halogens is 1. The Morgan fingerprint density at radius 2 is 1.81 bits per heavy atom. The van der Waals surface area contributed by atoms with Crippen molar-refractivity contribution in [2.75, 3.05) is 11.9 Å². The molecule has 0 fully saturated rings. The van der Waals surface area contributed by atoms with Crippen LogP contribution in [0.15, 0.2) is 85.3 Å². The lowest BCUT2D eigenvalue weighted by Gasteiger charge is -2.14. The van der Waals surface area contributed by atoms with Gasteiger partial charge in [0.25, 0.3) is 5.91 Å². The maximum Gasteiger partial charge on any atom is 0.255 e. The Kier molecular flexibility index (Phi) is 7.05. The second-order valence-corrected chi connectivity index (χ2v) is 7.52. The number of anilines is 1. The fourth-order valence-corrected chi connectivity index (χ4v) is 3.46. The predicted molar refractivity (Wildman–Crippen MR) is 127 cm³/mol. The number of amides is 1. The van der Waals surface area contributed by atoms with E-state index in [1.165, 1.54) is 0 Å². The van der Waals surface area contributed by atoms with E-state index in [1.54, 1.807) is 24.7 Å². The maximum atomic E-state index is 12.9. The van der Waals surface area contributed by atoms with Gasteiger partial charge in [-0.05, 0) is 42.0 Å². The lowest BCUT2D eigenvalue weighted by Crippen LogP contribution is -2.25. The predicted octanol–water partition coefficient (Wildman–Crippen LogP) is 4.78. The summed E-state index contributed by atoms with van der Waals surface area (Å²) in [6.45, 7) is 0.963. The van der Waals surface area contributed by atoms with Gasteiger partial charge >= 0.3 is 0 Å². The van der Waals surface area contributed by atoms with E-state index in [9.17, 15) is 4.79 Å². The third kappa shape index (κ3) is 5.47. The van der Waals surface area contributed by atoms with Crippen molar-refractivity contribution in [3.63, 3.8) is 0 Å². The van der Waals surface area contributed by atoms with Gasteiger partial charge in [-0.2, -0.15) is 0 Å². The molecule has 0 saturated carbocycles. The van der Waals surface area contributed by atoms with E-state index in [2.05, 4.69) is 20.6 Å². The average molecular weight is 444 g/mol. The van der Waals surface area contributed by atoms with Crippen molar-refractivity contribution >= 4 is 23.3 Å². The minimum atomic E-state index is -0.215. The van der Waals surface area contributed by atoms with Crippen LogP contribution in [0.25, 0.3) is 11.3 Å². The lowest BCUT2D eigenvalue weighted by molar-refractivity contribution is 0.0951. The molecule has 0 aliphatic rings. The SMILES string of the molecule is O=C(NCc1cccnc1)c1ccc(-c2ccccc2Cl)nc1NCCc1ccccn1. The molecule has 1 aromatic carbocycles. The van der Waals surface area contributed by atoms with Crippen LogP contribution < -0.4 is 10.6 Å². The first-order chi connectivity index (χ1) is 15.7. The molecule has 2 N–H and O–H groups in total. The minimum Gasteiger partial charge on any atom is -0.369 e. The van der Waals surface area contributed by atoms with Crippen LogP contribution in [0.3, 0.4) is 0 Å². The monoisotopic (exact) mass is 443 g/mol. The van der Waals surface area contributed by atoms with E-state index in [-0.39, 0.29) is 5.91 Å². The summed E-state index contributed by atoms with van der Waals surface area (Å²) in [7, 11) is 0. The number of hydrogen-bond acceptors (Lipinski definition) is 5. The van der Waals surface area contributed by atoms with Gasteiger partial charge in [0, 0.05) is 54.4 Å². The molecule has 32 heavy (non-hydrogen) atoms. The van der Waals surface area contributed by atoms with Crippen molar-refractivity contribution in [3.05, 3.63) is 107 Å². The highest BCUT2D eigenvalue weighted by atomic mass is 35.5. The number of rotatable bonds is 8. The summed E-state index contributed by atoms with van der Waals surface area (Å²) in [5.74, 6) is 0.287. The first kappa shape index (κ1) is 21.5. The summed E-state index contributed by atoms with van der Waals surface area (Å²) in [5, 5.41) is 6.84. The van der Waals surface area contributed by atoms with Crippen LogP contribution in [0.2, 0.25) is 5.02 Å². The molecular weight excluding hydrogens is 422 g/mol. The van der Waals surface area contributed by atoms with Crippen LogP contribution in [0.1, 0.15) is 21.6 Å². The van der Waals surface area contributed by atoms with Gasteiger partial charge in [-0.15, -0.1) is 0 Å². The maximum absolute atomic E-state index is 12.9. The molecule has 6 nitrogen and oxygen atoms in total. The van der Waals surface area contributed by atoms with Crippen molar-refractivity contribution < 1.29 is 4.79 Å². The molecule has 4 rings (SSSR count). The number of pyridine rings is 3. The number of aromatic nitrogens is 3. The van der Waals surface area contributed by atoms with Crippen LogP contribution >= 0.6 is 11.6 Å². The van der Waals surface area contributed by atoms with Crippen LogP contribution in [0.5, 0.6) is 0 Å². The van der Waals surface area contributed by atoms with Crippen molar-refractivity contribution in [3.8, 4) is 11.3 Å². The summed E-state index contributed by atoms with van der Waals surface area (Å²) in [6.07, 6.45) is 5.90. The molecule has 3 aromatic heterocycles. The highest BCUT2D eigenvalue weighted by Gasteiger charge is 2.15.